The van der Waals surface area contributed by atoms with Crippen LogP contribution >= 0.6 is 11.6 Å². The minimum Gasteiger partial charge on any atom is -0.453 e. The molecule has 3 heteroatoms. The van der Waals surface area contributed by atoms with E-state index in [0.29, 0.717) is 10.8 Å². The van der Waals surface area contributed by atoms with Crippen molar-refractivity contribution < 1.29 is 9.52 Å². The number of rotatable bonds is 5. The Kier molecular flexibility index (Phi) is 4.33. The second-order valence-corrected chi connectivity index (χ2v) is 3.50. The minimum absolute atomic E-state index is 0.309. The van der Waals surface area contributed by atoms with Gasteiger partial charge in [-0.2, -0.15) is 0 Å². The molecule has 1 aromatic rings. The zero-order valence-electron chi connectivity index (χ0n) is 7.79. The molecule has 0 saturated heterocycles. The lowest BCUT2D eigenvalue weighted by atomic mass is 10.1. The average Bonchev–Trinajstić information content (AvgIpc) is 2.52. The molecule has 74 valence electrons. The van der Waals surface area contributed by atoms with Crippen molar-refractivity contribution >= 4 is 11.6 Å². The van der Waals surface area contributed by atoms with E-state index in [2.05, 4.69) is 6.92 Å². The Morgan fingerprint density at radius 1 is 1.54 bits per heavy atom. The molecular weight excluding hydrogens is 188 g/mol. The molecular formula is C10H15ClO2. The third-order valence-electron chi connectivity index (χ3n) is 2.09. The zero-order chi connectivity index (χ0) is 9.68. The summed E-state index contributed by atoms with van der Waals surface area (Å²) < 4.78 is 4.90. The second kappa shape index (κ2) is 5.30. The highest BCUT2D eigenvalue weighted by atomic mass is 35.5. The third kappa shape index (κ3) is 3.05. The van der Waals surface area contributed by atoms with E-state index in [1.54, 1.807) is 6.07 Å². The number of aliphatic hydroxyl groups excluding tert-OH is 1. The minimum atomic E-state index is -0.474. The molecule has 0 aliphatic carbocycles. The summed E-state index contributed by atoms with van der Waals surface area (Å²) in [6.45, 7) is 2.14. The normalized spacial score (nSPS) is 13.2. The van der Waals surface area contributed by atoms with Crippen molar-refractivity contribution in [3.05, 3.63) is 23.1 Å². The topological polar surface area (TPSA) is 33.4 Å². The highest BCUT2D eigenvalue weighted by Crippen LogP contribution is 2.27. The molecule has 0 amide bonds. The first-order valence-corrected chi connectivity index (χ1v) is 5.04. The van der Waals surface area contributed by atoms with Crippen molar-refractivity contribution in [2.45, 2.75) is 38.7 Å². The van der Waals surface area contributed by atoms with Crippen LogP contribution in [-0.2, 0) is 0 Å². The number of hydrogen-bond acceptors (Lipinski definition) is 2. The number of unbranched alkanes of at least 4 members (excludes halogenated alkanes) is 2. The van der Waals surface area contributed by atoms with E-state index >= 15 is 0 Å². The molecule has 1 atom stereocenters. The molecule has 0 aromatic carbocycles. The van der Waals surface area contributed by atoms with E-state index in [9.17, 15) is 5.11 Å². The number of halogens is 1. The van der Waals surface area contributed by atoms with E-state index in [1.165, 1.54) is 6.26 Å². The van der Waals surface area contributed by atoms with Crippen molar-refractivity contribution in [2.24, 2.45) is 0 Å². The van der Waals surface area contributed by atoms with E-state index in [0.717, 1.165) is 25.7 Å². The van der Waals surface area contributed by atoms with Crippen LogP contribution in [0.2, 0.25) is 5.22 Å². The predicted molar refractivity (Wildman–Crippen MR) is 52.8 cm³/mol. The van der Waals surface area contributed by atoms with E-state index in [-0.39, 0.29) is 0 Å². The Bertz CT molecular complexity index is 245. The Morgan fingerprint density at radius 2 is 2.31 bits per heavy atom. The highest BCUT2D eigenvalue weighted by Gasteiger charge is 2.12. The highest BCUT2D eigenvalue weighted by molar-refractivity contribution is 6.29. The standard InChI is InChI=1S/C10H15ClO2/c1-2-3-4-5-9(12)8-6-7-13-10(8)11/h6-7,9,12H,2-5H2,1H3. The summed E-state index contributed by atoms with van der Waals surface area (Å²) in [5, 5.41) is 9.98. The lowest BCUT2D eigenvalue weighted by Crippen LogP contribution is -1.95. The molecule has 2 nitrogen and oxygen atoms in total. The van der Waals surface area contributed by atoms with E-state index < -0.39 is 6.10 Å². The molecule has 13 heavy (non-hydrogen) atoms. The van der Waals surface area contributed by atoms with Gasteiger partial charge in [-0.05, 0) is 24.1 Å². The van der Waals surface area contributed by atoms with Crippen molar-refractivity contribution in [2.75, 3.05) is 0 Å². The number of aliphatic hydroxyl groups is 1. The van der Waals surface area contributed by atoms with Crippen LogP contribution < -0.4 is 0 Å². The smallest absolute Gasteiger partial charge is 0.198 e. The van der Waals surface area contributed by atoms with Crippen LogP contribution in [0.4, 0.5) is 0 Å². The maximum atomic E-state index is 9.67. The van der Waals surface area contributed by atoms with Gasteiger partial charge in [0.15, 0.2) is 5.22 Å². The van der Waals surface area contributed by atoms with Crippen LogP contribution in [0.1, 0.15) is 44.3 Å². The van der Waals surface area contributed by atoms with Crippen LogP contribution in [0.3, 0.4) is 0 Å². The van der Waals surface area contributed by atoms with Gasteiger partial charge in [0.1, 0.15) is 0 Å². The first kappa shape index (κ1) is 10.6. The first-order chi connectivity index (χ1) is 6.25. The third-order valence-corrected chi connectivity index (χ3v) is 2.39. The summed E-state index contributed by atoms with van der Waals surface area (Å²) >= 11 is 5.72. The number of hydrogen-bond donors (Lipinski definition) is 1. The van der Waals surface area contributed by atoms with Gasteiger partial charge >= 0.3 is 0 Å². The molecule has 0 bridgehead atoms. The quantitative estimate of drug-likeness (QED) is 0.741. The lowest BCUT2D eigenvalue weighted by Gasteiger charge is -2.07. The SMILES string of the molecule is CCCCCC(O)c1ccoc1Cl. The molecule has 0 spiro atoms. The van der Waals surface area contributed by atoms with Crippen molar-refractivity contribution in [1.29, 1.82) is 0 Å². The van der Waals surface area contributed by atoms with Gasteiger partial charge in [0, 0.05) is 5.56 Å². The maximum absolute atomic E-state index is 9.67. The molecule has 0 radical (unpaired) electrons. The van der Waals surface area contributed by atoms with E-state index in [4.69, 9.17) is 16.0 Å². The van der Waals surface area contributed by atoms with Crippen LogP contribution in [0.25, 0.3) is 0 Å². The zero-order valence-corrected chi connectivity index (χ0v) is 8.55. The summed E-state index contributed by atoms with van der Waals surface area (Å²) in [4.78, 5) is 0. The summed E-state index contributed by atoms with van der Waals surface area (Å²) in [5.74, 6) is 0. The van der Waals surface area contributed by atoms with Gasteiger partial charge in [0.2, 0.25) is 0 Å². The van der Waals surface area contributed by atoms with Crippen LogP contribution in [0.5, 0.6) is 0 Å². The fourth-order valence-corrected chi connectivity index (χ4v) is 1.53. The summed E-state index contributed by atoms with van der Waals surface area (Å²) in [7, 11) is 0. The second-order valence-electron chi connectivity index (χ2n) is 3.16. The van der Waals surface area contributed by atoms with Gasteiger partial charge in [-0.3, -0.25) is 0 Å². The monoisotopic (exact) mass is 202 g/mol. The van der Waals surface area contributed by atoms with Crippen LogP contribution in [-0.4, -0.2) is 5.11 Å². The Morgan fingerprint density at radius 3 is 2.85 bits per heavy atom. The summed E-state index contributed by atoms with van der Waals surface area (Å²) in [6.07, 6.45) is 5.11. The molecule has 0 aliphatic heterocycles. The molecule has 1 aromatic heterocycles. The first-order valence-electron chi connectivity index (χ1n) is 4.66. The molecule has 0 aliphatic rings. The van der Waals surface area contributed by atoms with Crippen molar-refractivity contribution in [3.8, 4) is 0 Å². The fraction of sp³-hybridized carbons (Fsp3) is 0.600. The van der Waals surface area contributed by atoms with E-state index in [1.807, 2.05) is 0 Å². The Balaban J connectivity index is 2.39. The summed E-state index contributed by atoms with van der Waals surface area (Å²) in [6, 6.07) is 1.72. The van der Waals surface area contributed by atoms with Crippen LogP contribution in [0.15, 0.2) is 16.7 Å². The predicted octanol–water partition coefficient (Wildman–Crippen LogP) is 3.55. The van der Waals surface area contributed by atoms with Crippen molar-refractivity contribution in [3.63, 3.8) is 0 Å². The largest absolute Gasteiger partial charge is 0.453 e. The molecule has 1 rings (SSSR count). The Hall–Kier alpha value is -0.470. The molecule has 0 fully saturated rings. The Labute approximate surface area is 83.5 Å². The van der Waals surface area contributed by atoms with Gasteiger partial charge in [-0.25, -0.2) is 0 Å². The lowest BCUT2D eigenvalue weighted by molar-refractivity contribution is 0.163. The maximum Gasteiger partial charge on any atom is 0.198 e. The van der Waals surface area contributed by atoms with Gasteiger partial charge in [0.05, 0.1) is 12.4 Å². The number of furan rings is 1. The fourth-order valence-electron chi connectivity index (χ4n) is 1.29. The van der Waals surface area contributed by atoms with Gasteiger partial charge in [-0.15, -0.1) is 0 Å². The molecule has 0 saturated carbocycles. The molecule has 1 N–H and O–H groups in total. The van der Waals surface area contributed by atoms with Gasteiger partial charge in [0.25, 0.3) is 0 Å². The summed E-state index contributed by atoms with van der Waals surface area (Å²) in [5.41, 5.74) is 0.706. The average molecular weight is 203 g/mol. The van der Waals surface area contributed by atoms with Crippen molar-refractivity contribution in [1.82, 2.24) is 0 Å². The van der Waals surface area contributed by atoms with Gasteiger partial charge in [-0.1, -0.05) is 26.2 Å². The van der Waals surface area contributed by atoms with Gasteiger partial charge < -0.3 is 9.52 Å². The molecule has 1 unspecified atom stereocenters. The molecule has 1 heterocycles. The van der Waals surface area contributed by atoms with Crippen LogP contribution in [0, 0.1) is 0 Å².